The van der Waals surface area contributed by atoms with Crippen LogP contribution in [-0.2, 0) is 13.6 Å². The van der Waals surface area contributed by atoms with E-state index in [-0.39, 0.29) is 23.6 Å². The summed E-state index contributed by atoms with van der Waals surface area (Å²) in [7, 11) is 3.51. The predicted molar refractivity (Wildman–Crippen MR) is 161 cm³/mol. The Bertz CT molecular complexity index is 1970. The molecule has 2 saturated carbocycles. The average molecular weight is 599 g/mol. The van der Waals surface area contributed by atoms with Crippen molar-refractivity contribution in [2.75, 3.05) is 13.7 Å². The normalized spacial score (nSPS) is 21.2. The van der Waals surface area contributed by atoms with Gasteiger partial charge in [-0.25, -0.2) is 18.7 Å². The van der Waals surface area contributed by atoms with Gasteiger partial charge in [0.2, 0.25) is 0 Å². The average Bonchev–Trinajstić information content (AvgIpc) is 3.42. The van der Waals surface area contributed by atoms with Gasteiger partial charge < -0.3 is 29.6 Å². The molecular formula is C33H32F2N6O3. The number of nitrogens with two attached hydrogens (primary N) is 1. The van der Waals surface area contributed by atoms with Crippen molar-refractivity contribution in [1.82, 2.24) is 24.0 Å². The first kappa shape index (κ1) is 27.1. The highest BCUT2D eigenvalue weighted by molar-refractivity contribution is 6.00. The number of fused-ring (bicyclic) bond motifs is 4. The molecule has 4 heterocycles. The van der Waals surface area contributed by atoms with Crippen molar-refractivity contribution >= 4 is 28.0 Å². The van der Waals surface area contributed by atoms with E-state index in [2.05, 4.69) is 4.57 Å². The standard InChI is InChI=1S/C33H32F2N6O3/c1-39-29-24(11-20(13-27(29)44-2)33(43)41-15-18-6-8-25(41)28(18)36)38-32(39)26-12-17-5-7-23(19-9-21(34)30(42)22(35)10-19)37-31(17)40(26)14-16-3-4-16/h5,7,9-13,16,18,25,28,42H,3-4,6,8,14-15,36H2,1-2H3. The summed E-state index contributed by atoms with van der Waals surface area (Å²) in [6.07, 6.45) is 4.21. The number of rotatable bonds is 6. The molecule has 9 nitrogen and oxygen atoms in total. The van der Waals surface area contributed by atoms with Gasteiger partial charge in [-0.2, -0.15) is 0 Å². The summed E-state index contributed by atoms with van der Waals surface area (Å²) in [6.45, 7) is 1.40. The number of hydrogen-bond acceptors (Lipinski definition) is 6. The molecule has 2 aromatic carbocycles. The number of pyridine rings is 1. The Morgan fingerprint density at radius 3 is 2.50 bits per heavy atom. The number of halogens is 2. The Morgan fingerprint density at radius 2 is 1.84 bits per heavy atom. The van der Waals surface area contributed by atoms with Gasteiger partial charge in [-0.1, -0.05) is 0 Å². The molecule has 3 fully saturated rings. The van der Waals surface area contributed by atoms with Gasteiger partial charge in [0.25, 0.3) is 5.91 Å². The lowest BCUT2D eigenvalue weighted by Gasteiger charge is -2.27. The van der Waals surface area contributed by atoms with Crippen molar-refractivity contribution in [3.05, 3.63) is 59.7 Å². The number of aromatic hydroxyl groups is 1. The fourth-order valence-electron chi connectivity index (χ4n) is 7.20. The summed E-state index contributed by atoms with van der Waals surface area (Å²) in [4.78, 5) is 25.4. The van der Waals surface area contributed by atoms with Gasteiger partial charge in [-0.05, 0) is 80.0 Å². The van der Waals surface area contributed by atoms with E-state index < -0.39 is 17.4 Å². The number of methoxy groups -OCH3 is 1. The van der Waals surface area contributed by atoms with Crippen molar-refractivity contribution in [1.29, 1.82) is 0 Å². The van der Waals surface area contributed by atoms with Crippen LogP contribution in [0.2, 0.25) is 0 Å². The minimum Gasteiger partial charge on any atom is -0.503 e. The summed E-state index contributed by atoms with van der Waals surface area (Å²) >= 11 is 0. The SMILES string of the molecule is COc1cc(C(=O)N2CC3CCC2C3N)cc2nc(-c3cc4ccc(-c5cc(F)c(O)c(F)c5)nc4n3CC3CC3)n(C)c12. The summed E-state index contributed by atoms with van der Waals surface area (Å²) < 4.78 is 38.2. The van der Waals surface area contributed by atoms with Crippen molar-refractivity contribution in [3.63, 3.8) is 0 Å². The van der Waals surface area contributed by atoms with Gasteiger partial charge in [0.15, 0.2) is 23.2 Å². The number of nitrogens with zero attached hydrogens (tertiary/aromatic N) is 5. The van der Waals surface area contributed by atoms with Gasteiger partial charge in [0.1, 0.15) is 16.9 Å². The first-order chi connectivity index (χ1) is 21.2. The fraction of sp³-hybridized carbons (Fsp3) is 0.364. The zero-order valence-corrected chi connectivity index (χ0v) is 24.4. The number of benzene rings is 2. The summed E-state index contributed by atoms with van der Waals surface area (Å²) in [5, 5.41) is 10.4. The minimum atomic E-state index is -1.04. The third-order valence-corrected chi connectivity index (χ3v) is 9.74. The number of hydrogen-bond donors (Lipinski definition) is 2. The van der Waals surface area contributed by atoms with E-state index in [0.717, 1.165) is 61.0 Å². The van der Waals surface area contributed by atoms with Crippen LogP contribution in [0.3, 0.4) is 0 Å². The molecule has 44 heavy (non-hydrogen) atoms. The molecule has 3 atom stereocenters. The molecule has 5 aromatic rings. The van der Waals surface area contributed by atoms with Crippen LogP contribution < -0.4 is 10.5 Å². The fourth-order valence-corrected chi connectivity index (χ4v) is 7.20. The quantitative estimate of drug-likeness (QED) is 0.277. The lowest BCUT2D eigenvalue weighted by atomic mass is 10.1. The number of aryl methyl sites for hydroxylation is 1. The van der Waals surface area contributed by atoms with Gasteiger partial charge in [-0.15, -0.1) is 0 Å². The second kappa shape index (κ2) is 9.75. The molecular weight excluding hydrogens is 566 g/mol. The smallest absolute Gasteiger partial charge is 0.254 e. The molecule has 2 bridgehead atoms. The second-order valence-electron chi connectivity index (χ2n) is 12.5. The van der Waals surface area contributed by atoms with E-state index in [1.54, 1.807) is 19.2 Å². The number of phenols is 1. The van der Waals surface area contributed by atoms with Crippen molar-refractivity contribution in [3.8, 4) is 34.3 Å². The molecule has 1 aliphatic heterocycles. The molecule has 2 aliphatic carbocycles. The number of carbonyl (C=O) groups excluding carboxylic acids is 1. The lowest BCUT2D eigenvalue weighted by molar-refractivity contribution is 0.0700. The Balaban J connectivity index is 1.24. The first-order valence-electron chi connectivity index (χ1n) is 15.0. The topological polar surface area (TPSA) is 111 Å². The molecule has 11 heteroatoms. The van der Waals surface area contributed by atoms with Crippen LogP contribution in [0.5, 0.6) is 11.5 Å². The number of phenolic OH excluding ortho intramolecular Hbond substituents is 1. The summed E-state index contributed by atoms with van der Waals surface area (Å²) in [5.74, 6) is -1.05. The summed E-state index contributed by atoms with van der Waals surface area (Å²) in [5.41, 5.74) is 10.5. The number of carbonyl (C=O) groups is 1. The van der Waals surface area contributed by atoms with E-state index >= 15 is 0 Å². The largest absolute Gasteiger partial charge is 0.503 e. The number of piperidine rings is 1. The Labute approximate surface area is 251 Å². The monoisotopic (exact) mass is 598 g/mol. The van der Waals surface area contributed by atoms with Gasteiger partial charge >= 0.3 is 0 Å². The Kier molecular flexibility index (Phi) is 6.00. The molecule has 1 saturated heterocycles. The highest BCUT2D eigenvalue weighted by Crippen LogP contribution is 2.40. The molecule has 3 aromatic heterocycles. The molecule has 0 spiro atoms. The van der Waals surface area contributed by atoms with Crippen LogP contribution >= 0.6 is 0 Å². The molecule has 8 rings (SSSR count). The highest BCUT2D eigenvalue weighted by Gasteiger charge is 2.47. The lowest BCUT2D eigenvalue weighted by Crippen LogP contribution is -2.41. The van der Waals surface area contributed by atoms with E-state index in [0.29, 0.717) is 52.4 Å². The summed E-state index contributed by atoms with van der Waals surface area (Å²) in [6, 6.07) is 11.5. The van der Waals surface area contributed by atoms with Crippen LogP contribution in [0.1, 0.15) is 36.0 Å². The molecule has 1 amide bonds. The van der Waals surface area contributed by atoms with Gasteiger partial charge in [-0.3, -0.25) is 4.79 Å². The van der Waals surface area contributed by atoms with Crippen LogP contribution in [-0.4, -0.2) is 60.8 Å². The second-order valence-corrected chi connectivity index (χ2v) is 12.5. The molecule has 0 radical (unpaired) electrons. The van der Waals surface area contributed by atoms with Crippen LogP contribution in [0.15, 0.2) is 42.5 Å². The van der Waals surface area contributed by atoms with Gasteiger partial charge in [0, 0.05) is 48.7 Å². The maximum Gasteiger partial charge on any atom is 0.254 e. The maximum absolute atomic E-state index is 14.2. The van der Waals surface area contributed by atoms with E-state index in [1.807, 2.05) is 34.7 Å². The zero-order chi connectivity index (χ0) is 30.4. The zero-order valence-electron chi connectivity index (χ0n) is 24.4. The van der Waals surface area contributed by atoms with E-state index in [1.165, 1.54) is 0 Å². The number of ether oxygens (including phenoxy) is 1. The highest BCUT2D eigenvalue weighted by atomic mass is 19.1. The van der Waals surface area contributed by atoms with E-state index in [9.17, 15) is 18.7 Å². The van der Waals surface area contributed by atoms with Gasteiger partial charge in [0.05, 0.1) is 24.0 Å². The molecule has 3 unspecified atom stereocenters. The number of imidazole rings is 1. The number of aromatic nitrogens is 4. The molecule has 3 aliphatic rings. The molecule has 226 valence electrons. The Hall–Kier alpha value is -4.51. The predicted octanol–water partition coefficient (Wildman–Crippen LogP) is 5.22. The maximum atomic E-state index is 14.2. The van der Waals surface area contributed by atoms with Crippen LogP contribution in [0.4, 0.5) is 8.78 Å². The first-order valence-corrected chi connectivity index (χ1v) is 15.0. The third kappa shape index (κ3) is 4.09. The van der Waals surface area contributed by atoms with Crippen molar-refractivity contribution in [2.24, 2.45) is 24.6 Å². The van der Waals surface area contributed by atoms with Crippen molar-refractivity contribution in [2.45, 2.75) is 44.3 Å². The number of likely N-dealkylation sites (tertiary alicyclic amines) is 1. The number of amides is 1. The van der Waals surface area contributed by atoms with Crippen LogP contribution in [0.25, 0.3) is 44.8 Å². The van der Waals surface area contributed by atoms with E-state index in [4.69, 9.17) is 20.4 Å². The van der Waals surface area contributed by atoms with Crippen LogP contribution in [0, 0.1) is 23.5 Å². The van der Waals surface area contributed by atoms with Crippen molar-refractivity contribution < 1.29 is 23.4 Å². The Morgan fingerprint density at radius 1 is 1.07 bits per heavy atom. The minimum absolute atomic E-state index is 0.0284. The third-order valence-electron chi connectivity index (χ3n) is 9.74. The molecule has 3 N–H and O–H groups in total.